The molecule has 0 N–H and O–H groups in total. The topological polar surface area (TPSA) is 45.7 Å². The molecule has 1 aliphatic heterocycles. The molecule has 6 heteroatoms. The van der Waals surface area contributed by atoms with Crippen LogP contribution >= 0.6 is 11.3 Å². The van der Waals surface area contributed by atoms with Crippen molar-refractivity contribution in [3.05, 3.63) is 59.1 Å². The van der Waals surface area contributed by atoms with Crippen LogP contribution < -0.4 is 4.74 Å². The number of rotatable bonds is 6. The van der Waals surface area contributed by atoms with E-state index in [0.29, 0.717) is 13.1 Å². The normalized spacial score (nSPS) is 17.4. The second kappa shape index (κ2) is 8.93. The number of hydrogen-bond donors (Lipinski definition) is 0. The molecule has 0 bridgehead atoms. The number of ether oxygens (including phenoxy) is 1. The molecule has 1 aliphatic rings. The number of aromatic nitrogens is 1. The number of benzene rings is 2. The molecule has 0 aliphatic carbocycles. The third kappa shape index (κ3) is 4.60. The molecule has 0 radical (unpaired) electrons. The lowest BCUT2D eigenvalue weighted by molar-refractivity contribution is -0.132. The predicted molar refractivity (Wildman–Crippen MR) is 117 cm³/mol. The summed E-state index contributed by atoms with van der Waals surface area (Å²) in [7, 11) is 3.54. The summed E-state index contributed by atoms with van der Waals surface area (Å²) in [6.07, 6.45) is 3.39. The lowest BCUT2D eigenvalue weighted by Crippen LogP contribution is -2.42. The van der Waals surface area contributed by atoms with Gasteiger partial charge < -0.3 is 9.64 Å². The minimum atomic E-state index is 0.147. The lowest BCUT2D eigenvalue weighted by atomic mass is 10.0. The van der Waals surface area contributed by atoms with Crippen LogP contribution in [0, 0.1) is 0 Å². The van der Waals surface area contributed by atoms with Crippen LogP contribution in [-0.2, 0) is 11.3 Å². The maximum atomic E-state index is 12.9. The number of likely N-dealkylation sites (N-methyl/N-ethyl adjacent to an activating group) is 1. The fourth-order valence-corrected chi connectivity index (χ4v) is 5.02. The Bertz CT molecular complexity index is 937. The summed E-state index contributed by atoms with van der Waals surface area (Å²) in [5.74, 6) is 0.976. The number of likely N-dealkylation sites (tertiary alicyclic amines) is 1. The molecule has 2 heterocycles. The summed E-state index contributed by atoms with van der Waals surface area (Å²) in [6.45, 7) is 1.98. The van der Waals surface area contributed by atoms with E-state index >= 15 is 0 Å². The molecule has 1 saturated heterocycles. The summed E-state index contributed by atoms with van der Waals surface area (Å²) in [5, 5.41) is 1.14. The molecule has 1 aromatic heterocycles. The zero-order valence-electron chi connectivity index (χ0n) is 17.0. The molecule has 5 nitrogen and oxygen atoms in total. The Morgan fingerprint density at radius 3 is 2.76 bits per heavy atom. The van der Waals surface area contributed by atoms with Crippen LogP contribution in [-0.4, -0.2) is 47.9 Å². The third-order valence-corrected chi connectivity index (χ3v) is 6.69. The van der Waals surface area contributed by atoms with Crippen LogP contribution in [0.5, 0.6) is 5.75 Å². The maximum absolute atomic E-state index is 12.9. The molecule has 0 spiro atoms. The summed E-state index contributed by atoms with van der Waals surface area (Å²) in [4.78, 5) is 21.9. The van der Waals surface area contributed by atoms with Crippen molar-refractivity contribution < 1.29 is 9.53 Å². The Morgan fingerprint density at radius 2 is 2.00 bits per heavy atom. The first-order valence-electron chi connectivity index (χ1n) is 10.1. The molecule has 0 saturated carbocycles. The average Bonchev–Trinajstić information content (AvgIpc) is 3.18. The molecule has 2 aromatic carbocycles. The first kappa shape index (κ1) is 19.9. The number of carbonyl (C=O) groups excluding carboxylic acids is 1. The Morgan fingerprint density at radius 1 is 1.21 bits per heavy atom. The smallest absolute Gasteiger partial charge is 0.236 e. The van der Waals surface area contributed by atoms with Gasteiger partial charge in [0.15, 0.2) is 0 Å². The van der Waals surface area contributed by atoms with E-state index < -0.39 is 0 Å². The van der Waals surface area contributed by atoms with Gasteiger partial charge in [-0.1, -0.05) is 30.7 Å². The monoisotopic (exact) mass is 409 g/mol. The number of hydrogen-bond acceptors (Lipinski definition) is 5. The first-order chi connectivity index (χ1) is 14.1. The summed E-state index contributed by atoms with van der Waals surface area (Å²) in [5.41, 5.74) is 2.16. The van der Waals surface area contributed by atoms with Crippen molar-refractivity contribution >= 4 is 27.5 Å². The van der Waals surface area contributed by atoms with Crippen LogP contribution in [0.4, 0.5) is 0 Å². The highest BCUT2D eigenvalue weighted by molar-refractivity contribution is 7.18. The van der Waals surface area contributed by atoms with Gasteiger partial charge in [-0.3, -0.25) is 9.69 Å². The van der Waals surface area contributed by atoms with E-state index in [4.69, 9.17) is 9.72 Å². The van der Waals surface area contributed by atoms with Crippen molar-refractivity contribution in [2.75, 3.05) is 27.2 Å². The molecule has 1 amide bonds. The van der Waals surface area contributed by atoms with Crippen LogP contribution in [0.1, 0.15) is 35.9 Å². The van der Waals surface area contributed by atoms with E-state index in [-0.39, 0.29) is 11.9 Å². The number of nitrogens with zero attached hydrogens (tertiary/aromatic N) is 3. The first-order valence-corrected chi connectivity index (χ1v) is 10.9. The SMILES string of the molecule is COc1ccc(CN(C)C(=O)CN2CCCCC2c2nc3ccccc3s2)cc1. The largest absolute Gasteiger partial charge is 0.497 e. The van der Waals surface area contributed by atoms with E-state index in [0.717, 1.165) is 41.2 Å². The number of thiazole rings is 1. The second-order valence-electron chi connectivity index (χ2n) is 7.60. The van der Waals surface area contributed by atoms with Gasteiger partial charge in [0.2, 0.25) is 5.91 Å². The zero-order chi connectivity index (χ0) is 20.2. The van der Waals surface area contributed by atoms with Gasteiger partial charge in [0, 0.05) is 13.6 Å². The number of amides is 1. The van der Waals surface area contributed by atoms with Gasteiger partial charge in [0.1, 0.15) is 10.8 Å². The van der Waals surface area contributed by atoms with Crippen molar-refractivity contribution in [2.24, 2.45) is 0 Å². The highest BCUT2D eigenvalue weighted by atomic mass is 32.1. The molecule has 1 atom stereocenters. The number of piperidine rings is 1. The average molecular weight is 410 g/mol. The fraction of sp³-hybridized carbons (Fsp3) is 0.391. The Hall–Kier alpha value is -2.44. The van der Waals surface area contributed by atoms with Crippen LogP contribution in [0.25, 0.3) is 10.2 Å². The van der Waals surface area contributed by atoms with E-state index in [2.05, 4.69) is 23.1 Å². The van der Waals surface area contributed by atoms with Crippen LogP contribution in [0.2, 0.25) is 0 Å². The standard InChI is InChI=1S/C23H27N3O2S/c1-25(15-17-10-12-18(28-2)13-11-17)22(27)16-26-14-6-5-8-20(26)23-24-19-7-3-4-9-21(19)29-23/h3-4,7,9-13,20H,5-6,8,14-16H2,1-2H3. The summed E-state index contributed by atoms with van der Waals surface area (Å²) in [6, 6.07) is 16.4. The summed E-state index contributed by atoms with van der Waals surface area (Å²) >= 11 is 1.76. The van der Waals surface area contributed by atoms with Crippen molar-refractivity contribution in [1.82, 2.24) is 14.8 Å². The Kier molecular flexibility index (Phi) is 6.11. The quantitative estimate of drug-likeness (QED) is 0.602. The van der Waals surface area contributed by atoms with E-state index in [1.165, 1.54) is 11.1 Å². The fourth-order valence-electron chi connectivity index (χ4n) is 3.88. The molecular weight excluding hydrogens is 382 g/mol. The van der Waals surface area contributed by atoms with Gasteiger partial charge in [-0.15, -0.1) is 11.3 Å². The van der Waals surface area contributed by atoms with Gasteiger partial charge in [0.25, 0.3) is 0 Å². The third-order valence-electron chi connectivity index (χ3n) is 5.55. The maximum Gasteiger partial charge on any atom is 0.236 e. The lowest BCUT2D eigenvalue weighted by Gasteiger charge is -2.34. The molecule has 4 rings (SSSR count). The van der Waals surface area contributed by atoms with Crippen molar-refractivity contribution in [3.63, 3.8) is 0 Å². The second-order valence-corrected chi connectivity index (χ2v) is 8.66. The Labute approximate surface area is 175 Å². The van der Waals surface area contributed by atoms with Gasteiger partial charge in [-0.25, -0.2) is 4.98 Å². The minimum Gasteiger partial charge on any atom is -0.497 e. The van der Waals surface area contributed by atoms with Gasteiger partial charge in [-0.05, 0) is 49.2 Å². The number of para-hydroxylation sites is 1. The van der Waals surface area contributed by atoms with E-state index in [1.807, 2.05) is 42.3 Å². The number of fused-ring (bicyclic) bond motifs is 1. The molecule has 152 valence electrons. The van der Waals surface area contributed by atoms with E-state index in [9.17, 15) is 4.79 Å². The van der Waals surface area contributed by atoms with E-state index in [1.54, 1.807) is 18.4 Å². The van der Waals surface area contributed by atoms with Gasteiger partial charge in [0.05, 0.1) is 29.9 Å². The molecular formula is C23H27N3O2S. The predicted octanol–water partition coefficient (Wildman–Crippen LogP) is 4.49. The van der Waals surface area contributed by atoms with Crippen molar-refractivity contribution in [3.8, 4) is 5.75 Å². The molecule has 1 fully saturated rings. The summed E-state index contributed by atoms with van der Waals surface area (Å²) < 4.78 is 6.42. The minimum absolute atomic E-state index is 0.147. The molecule has 1 unspecified atom stereocenters. The molecule has 3 aromatic rings. The van der Waals surface area contributed by atoms with Crippen molar-refractivity contribution in [1.29, 1.82) is 0 Å². The highest BCUT2D eigenvalue weighted by Gasteiger charge is 2.29. The zero-order valence-corrected chi connectivity index (χ0v) is 17.8. The molecule has 29 heavy (non-hydrogen) atoms. The number of methoxy groups -OCH3 is 1. The number of carbonyl (C=O) groups is 1. The Balaban J connectivity index is 1.43. The van der Waals surface area contributed by atoms with Crippen molar-refractivity contribution in [2.45, 2.75) is 31.8 Å². The van der Waals surface area contributed by atoms with Gasteiger partial charge >= 0.3 is 0 Å². The van der Waals surface area contributed by atoms with Crippen LogP contribution in [0.15, 0.2) is 48.5 Å². The highest BCUT2D eigenvalue weighted by Crippen LogP contribution is 2.35. The van der Waals surface area contributed by atoms with Crippen LogP contribution in [0.3, 0.4) is 0 Å². The van der Waals surface area contributed by atoms with Gasteiger partial charge in [-0.2, -0.15) is 0 Å².